The molecule has 104 valence electrons. The van der Waals surface area contributed by atoms with E-state index < -0.39 is 10.0 Å². The highest BCUT2D eigenvalue weighted by Crippen LogP contribution is 2.29. The van der Waals surface area contributed by atoms with Gasteiger partial charge in [0.25, 0.3) is 15.2 Å². The van der Waals surface area contributed by atoms with E-state index in [2.05, 4.69) is 26.1 Å². The third-order valence-electron chi connectivity index (χ3n) is 2.34. The molecule has 0 saturated carbocycles. The topological polar surface area (TPSA) is 90.9 Å². The van der Waals surface area contributed by atoms with Crippen LogP contribution in [0.25, 0.3) is 11.4 Å². The van der Waals surface area contributed by atoms with E-state index >= 15 is 0 Å². The van der Waals surface area contributed by atoms with Crippen LogP contribution in [0.2, 0.25) is 0 Å². The minimum Gasteiger partial charge on any atom is -0.296 e. The zero-order valence-electron chi connectivity index (χ0n) is 10.4. The summed E-state index contributed by atoms with van der Waals surface area (Å²) in [6, 6.07) is 1.87. The SMILES string of the molecule is CC(C)Cn1c(-c2csc(Br)c2)nnc1S(N)(=O)=O. The number of sulfonamides is 1. The number of hydrogen-bond donors (Lipinski definition) is 1. The van der Waals surface area contributed by atoms with Crippen molar-refractivity contribution in [2.24, 2.45) is 11.1 Å². The first-order chi connectivity index (χ1) is 8.79. The maximum atomic E-state index is 11.5. The zero-order chi connectivity index (χ0) is 14.2. The average Bonchev–Trinajstić information content (AvgIpc) is 2.82. The molecule has 9 heteroatoms. The molecule has 0 unspecified atom stereocenters. The van der Waals surface area contributed by atoms with E-state index in [1.54, 1.807) is 4.57 Å². The van der Waals surface area contributed by atoms with Crippen molar-refractivity contribution >= 4 is 37.3 Å². The maximum absolute atomic E-state index is 11.5. The fraction of sp³-hybridized carbons (Fsp3) is 0.400. The summed E-state index contributed by atoms with van der Waals surface area (Å²) in [6.07, 6.45) is 0. The summed E-state index contributed by atoms with van der Waals surface area (Å²) in [6.45, 7) is 4.46. The molecule has 2 N–H and O–H groups in total. The van der Waals surface area contributed by atoms with Gasteiger partial charge in [-0.05, 0) is 27.9 Å². The first-order valence-electron chi connectivity index (χ1n) is 5.49. The molecule has 0 saturated heterocycles. The molecule has 2 rings (SSSR count). The van der Waals surface area contributed by atoms with Crippen molar-refractivity contribution in [3.8, 4) is 11.4 Å². The second-order valence-corrected chi connectivity index (χ2v) is 8.24. The first-order valence-corrected chi connectivity index (χ1v) is 8.71. The van der Waals surface area contributed by atoms with Gasteiger partial charge < -0.3 is 0 Å². The van der Waals surface area contributed by atoms with Crippen LogP contribution in [0.5, 0.6) is 0 Å². The fourth-order valence-electron chi connectivity index (χ4n) is 1.67. The molecule has 0 bridgehead atoms. The molecular weight excluding hydrogens is 352 g/mol. The number of rotatable bonds is 4. The highest BCUT2D eigenvalue weighted by Gasteiger charge is 2.22. The predicted octanol–water partition coefficient (Wildman–Crippen LogP) is 2.07. The van der Waals surface area contributed by atoms with Gasteiger partial charge in [-0.15, -0.1) is 21.5 Å². The fourth-order valence-corrected chi connectivity index (χ4v) is 3.43. The van der Waals surface area contributed by atoms with Crippen molar-refractivity contribution in [2.75, 3.05) is 0 Å². The molecule has 0 spiro atoms. The van der Waals surface area contributed by atoms with Gasteiger partial charge in [-0.2, -0.15) is 0 Å². The number of nitrogens with two attached hydrogens (primary N) is 1. The lowest BCUT2D eigenvalue weighted by atomic mass is 10.2. The Labute approximate surface area is 123 Å². The van der Waals surface area contributed by atoms with E-state index in [0.29, 0.717) is 12.4 Å². The normalized spacial score (nSPS) is 12.3. The van der Waals surface area contributed by atoms with Crippen LogP contribution in [0.3, 0.4) is 0 Å². The van der Waals surface area contributed by atoms with Gasteiger partial charge in [0.1, 0.15) is 0 Å². The zero-order valence-corrected chi connectivity index (χ0v) is 13.6. The Balaban J connectivity index is 2.59. The third-order valence-corrected chi connectivity index (χ3v) is 4.66. The van der Waals surface area contributed by atoms with Crippen LogP contribution in [0.4, 0.5) is 0 Å². The van der Waals surface area contributed by atoms with Gasteiger partial charge in [-0.3, -0.25) is 4.57 Å². The van der Waals surface area contributed by atoms with Gasteiger partial charge in [-0.25, -0.2) is 13.6 Å². The molecule has 19 heavy (non-hydrogen) atoms. The van der Waals surface area contributed by atoms with Crippen LogP contribution in [0.1, 0.15) is 13.8 Å². The number of thiophene rings is 1. The lowest BCUT2D eigenvalue weighted by Crippen LogP contribution is -2.20. The number of halogens is 1. The van der Waals surface area contributed by atoms with Gasteiger partial charge in [0, 0.05) is 17.5 Å². The molecule has 6 nitrogen and oxygen atoms in total. The average molecular weight is 365 g/mol. The number of hydrogen-bond acceptors (Lipinski definition) is 5. The summed E-state index contributed by atoms with van der Waals surface area (Å²) in [4.78, 5) is 0. The Morgan fingerprint density at radius 1 is 1.47 bits per heavy atom. The standard InChI is InChI=1S/C10H13BrN4O2S2/c1-6(2)4-15-9(7-3-8(11)18-5-7)13-14-10(15)19(12,16)17/h3,5-6H,4H2,1-2H3,(H2,12,16,17). The van der Waals surface area contributed by atoms with Gasteiger partial charge in [0.15, 0.2) is 5.82 Å². The molecular formula is C10H13BrN4O2S2. The summed E-state index contributed by atoms with van der Waals surface area (Å²) >= 11 is 4.87. The first kappa shape index (κ1) is 14.6. The Kier molecular flexibility index (Phi) is 4.09. The summed E-state index contributed by atoms with van der Waals surface area (Å²) in [7, 11) is -3.88. The van der Waals surface area contributed by atoms with Gasteiger partial charge in [0.2, 0.25) is 0 Å². The molecule has 2 aromatic rings. The minimum atomic E-state index is -3.88. The Bertz CT molecular complexity index is 690. The second kappa shape index (κ2) is 5.31. The van der Waals surface area contributed by atoms with Crippen molar-refractivity contribution in [3.63, 3.8) is 0 Å². The number of primary sulfonamides is 1. The van der Waals surface area contributed by atoms with E-state index in [9.17, 15) is 8.42 Å². The molecule has 0 aliphatic rings. The Morgan fingerprint density at radius 3 is 2.63 bits per heavy atom. The largest absolute Gasteiger partial charge is 0.296 e. The van der Waals surface area contributed by atoms with E-state index in [1.807, 2.05) is 25.3 Å². The third kappa shape index (κ3) is 3.22. The number of aromatic nitrogens is 3. The van der Waals surface area contributed by atoms with E-state index in [-0.39, 0.29) is 11.1 Å². The molecule has 0 aliphatic carbocycles. The van der Waals surface area contributed by atoms with Gasteiger partial charge in [0.05, 0.1) is 3.79 Å². The predicted molar refractivity (Wildman–Crippen MR) is 77.2 cm³/mol. The monoisotopic (exact) mass is 364 g/mol. The molecule has 0 aromatic carbocycles. The molecule has 0 amide bonds. The molecule has 2 heterocycles. The van der Waals surface area contributed by atoms with E-state index in [4.69, 9.17) is 5.14 Å². The van der Waals surface area contributed by atoms with Gasteiger partial charge >= 0.3 is 0 Å². The molecule has 0 fully saturated rings. The van der Waals surface area contributed by atoms with Crippen molar-refractivity contribution < 1.29 is 8.42 Å². The van der Waals surface area contributed by atoms with Crippen molar-refractivity contribution in [2.45, 2.75) is 25.5 Å². The highest BCUT2D eigenvalue weighted by molar-refractivity contribution is 9.11. The molecule has 0 atom stereocenters. The smallest absolute Gasteiger partial charge is 0.273 e. The van der Waals surface area contributed by atoms with Crippen molar-refractivity contribution in [1.82, 2.24) is 14.8 Å². The maximum Gasteiger partial charge on any atom is 0.273 e. The van der Waals surface area contributed by atoms with Crippen LogP contribution in [-0.2, 0) is 16.6 Å². The second-order valence-electron chi connectivity index (χ2n) is 4.50. The Morgan fingerprint density at radius 2 is 2.16 bits per heavy atom. The summed E-state index contributed by atoms with van der Waals surface area (Å²) in [5.41, 5.74) is 0.819. The highest BCUT2D eigenvalue weighted by atomic mass is 79.9. The minimum absolute atomic E-state index is 0.196. The van der Waals surface area contributed by atoms with Crippen LogP contribution in [0.15, 0.2) is 20.4 Å². The van der Waals surface area contributed by atoms with E-state index in [1.165, 1.54) is 11.3 Å². The van der Waals surface area contributed by atoms with Gasteiger partial charge in [-0.1, -0.05) is 13.8 Å². The summed E-state index contributed by atoms with van der Waals surface area (Å²) < 4.78 is 25.6. The summed E-state index contributed by atoms with van der Waals surface area (Å²) in [5.74, 6) is 0.761. The van der Waals surface area contributed by atoms with Crippen LogP contribution in [-0.4, -0.2) is 23.2 Å². The quantitative estimate of drug-likeness (QED) is 0.898. The lowest BCUT2D eigenvalue weighted by Gasteiger charge is -2.10. The van der Waals surface area contributed by atoms with Crippen LogP contribution in [0, 0.1) is 5.92 Å². The van der Waals surface area contributed by atoms with Crippen molar-refractivity contribution in [3.05, 3.63) is 15.2 Å². The molecule has 0 radical (unpaired) electrons. The van der Waals surface area contributed by atoms with Crippen LogP contribution >= 0.6 is 27.3 Å². The van der Waals surface area contributed by atoms with Crippen molar-refractivity contribution in [1.29, 1.82) is 0 Å². The molecule has 2 aromatic heterocycles. The van der Waals surface area contributed by atoms with E-state index in [0.717, 1.165) is 9.35 Å². The van der Waals surface area contributed by atoms with Crippen LogP contribution < -0.4 is 5.14 Å². The molecule has 0 aliphatic heterocycles. The lowest BCUT2D eigenvalue weighted by molar-refractivity contribution is 0.486. The number of nitrogens with zero attached hydrogens (tertiary/aromatic N) is 3. The summed E-state index contributed by atoms with van der Waals surface area (Å²) in [5, 5.41) is 14.5. The Hall–Kier alpha value is -0.770.